The maximum absolute atomic E-state index is 6.27. The van der Waals surface area contributed by atoms with Crippen molar-refractivity contribution >= 4 is 55.1 Å². The molecule has 0 bridgehead atoms. The van der Waals surface area contributed by atoms with Crippen LogP contribution in [0, 0.1) is 0 Å². The summed E-state index contributed by atoms with van der Waals surface area (Å²) in [5.41, 5.74) is 12.2. The van der Waals surface area contributed by atoms with Crippen molar-refractivity contribution in [2.75, 3.05) is 5.32 Å². The van der Waals surface area contributed by atoms with Crippen LogP contribution in [0.25, 0.3) is 71.7 Å². The lowest BCUT2D eigenvalue weighted by atomic mass is 9.99. The molecule has 0 saturated heterocycles. The molecule has 3 nitrogen and oxygen atoms in total. The minimum atomic E-state index is 0.917. The van der Waals surface area contributed by atoms with Gasteiger partial charge in [-0.1, -0.05) is 109 Å². The molecule has 7 aromatic carbocycles. The van der Waals surface area contributed by atoms with Crippen LogP contribution >= 0.6 is 0 Å². The van der Waals surface area contributed by atoms with E-state index in [1.807, 2.05) is 12.1 Å². The lowest BCUT2D eigenvalue weighted by molar-refractivity contribution is 0.670. The second-order valence-corrected chi connectivity index (χ2v) is 11.4. The molecule has 1 N–H and O–H groups in total. The lowest BCUT2D eigenvalue weighted by Gasteiger charge is -2.11. The molecule has 0 fully saturated rings. The first-order chi connectivity index (χ1) is 22.3. The largest absolute Gasteiger partial charge is 0.455 e. The number of benzene rings is 7. The van der Waals surface area contributed by atoms with Gasteiger partial charge in [0.25, 0.3) is 0 Å². The Bertz CT molecular complexity index is 2480. The normalized spacial score (nSPS) is 11.6. The van der Waals surface area contributed by atoms with Crippen LogP contribution in [-0.2, 0) is 0 Å². The van der Waals surface area contributed by atoms with Gasteiger partial charge in [0.15, 0.2) is 0 Å². The molecule has 0 aliphatic carbocycles. The molecule has 0 amide bonds. The quantitative estimate of drug-likeness (QED) is 0.221. The van der Waals surface area contributed by atoms with Crippen LogP contribution < -0.4 is 5.32 Å². The van der Waals surface area contributed by atoms with Gasteiger partial charge in [0.2, 0.25) is 0 Å². The Hall–Kier alpha value is -6.06. The maximum atomic E-state index is 6.27. The molecule has 0 spiro atoms. The topological polar surface area (TPSA) is 30.1 Å². The molecular formula is C42H28N2O. The van der Waals surface area contributed by atoms with Crippen LogP contribution in [0.4, 0.5) is 11.4 Å². The summed E-state index contributed by atoms with van der Waals surface area (Å²) in [6.07, 6.45) is 0. The van der Waals surface area contributed by atoms with Crippen LogP contribution in [0.1, 0.15) is 0 Å². The summed E-state index contributed by atoms with van der Waals surface area (Å²) < 4.78 is 8.63. The van der Waals surface area contributed by atoms with Crippen LogP contribution in [-0.4, -0.2) is 4.57 Å². The third-order valence-electron chi connectivity index (χ3n) is 8.80. The van der Waals surface area contributed by atoms with E-state index in [9.17, 15) is 0 Å². The van der Waals surface area contributed by atoms with Gasteiger partial charge in [-0.25, -0.2) is 0 Å². The molecule has 3 heteroatoms. The summed E-state index contributed by atoms with van der Waals surface area (Å²) in [7, 11) is 0. The molecule has 9 rings (SSSR count). The van der Waals surface area contributed by atoms with Crippen molar-refractivity contribution in [1.29, 1.82) is 0 Å². The van der Waals surface area contributed by atoms with Gasteiger partial charge < -0.3 is 14.3 Å². The van der Waals surface area contributed by atoms with Crippen molar-refractivity contribution in [3.63, 3.8) is 0 Å². The van der Waals surface area contributed by atoms with Gasteiger partial charge >= 0.3 is 0 Å². The van der Waals surface area contributed by atoms with Gasteiger partial charge in [-0.05, 0) is 71.3 Å². The zero-order chi connectivity index (χ0) is 29.7. The molecule has 2 heterocycles. The Balaban J connectivity index is 1.03. The zero-order valence-corrected chi connectivity index (χ0v) is 24.4. The number of para-hydroxylation sites is 4. The smallest absolute Gasteiger partial charge is 0.143 e. The molecule has 0 unspecified atom stereocenters. The molecule has 0 saturated carbocycles. The van der Waals surface area contributed by atoms with Crippen molar-refractivity contribution in [3.05, 3.63) is 164 Å². The summed E-state index contributed by atoms with van der Waals surface area (Å²) in [5.74, 6) is 0. The number of hydrogen-bond acceptors (Lipinski definition) is 2. The van der Waals surface area contributed by atoms with E-state index in [4.69, 9.17) is 4.42 Å². The molecule has 212 valence electrons. The minimum Gasteiger partial charge on any atom is -0.455 e. The van der Waals surface area contributed by atoms with Crippen LogP contribution in [0.3, 0.4) is 0 Å². The van der Waals surface area contributed by atoms with Crippen LogP contribution in [0.5, 0.6) is 0 Å². The summed E-state index contributed by atoms with van der Waals surface area (Å²) in [6, 6.07) is 57.8. The van der Waals surface area contributed by atoms with E-state index in [1.54, 1.807) is 0 Å². The van der Waals surface area contributed by atoms with Crippen LogP contribution in [0.2, 0.25) is 0 Å². The summed E-state index contributed by atoms with van der Waals surface area (Å²) >= 11 is 0. The van der Waals surface area contributed by atoms with Gasteiger partial charge in [-0.3, -0.25) is 0 Å². The van der Waals surface area contributed by atoms with E-state index in [-0.39, 0.29) is 0 Å². The summed E-state index contributed by atoms with van der Waals surface area (Å²) in [5, 5.41) is 8.40. The van der Waals surface area contributed by atoms with Crippen LogP contribution in [0.15, 0.2) is 168 Å². The lowest BCUT2D eigenvalue weighted by Crippen LogP contribution is -1.93. The molecular weight excluding hydrogens is 548 g/mol. The first-order valence-electron chi connectivity index (χ1n) is 15.3. The Kier molecular flexibility index (Phi) is 5.82. The van der Waals surface area contributed by atoms with Crippen molar-refractivity contribution in [2.45, 2.75) is 0 Å². The van der Waals surface area contributed by atoms with Gasteiger partial charge in [-0.15, -0.1) is 0 Å². The highest BCUT2D eigenvalue weighted by atomic mass is 16.3. The van der Waals surface area contributed by atoms with Gasteiger partial charge in [-0.2, -0.15) is 0 Å². The number of fused-ring (bicyclic) bond motifs is 6. The predicted molar refractivity (Wildman–Crippen MR) is 189 cm³/mol. The van der Waals surface area contributed by atoms with E-state index in [0.717, 1.165) is 44.4 Å². The average molecular weight is 577 g/mol. The number of anilines is 2. The fourth-order valence-electron chi connectivity index (χ4n) is 6.72. The SMILES string of the molecule is c1ccc(-n2c3ccccc3c3c(-c4ccc(Nc5ccc(-c6cccc7c6oc6ccccc67)cc5)cc4)cccc32)cc1. The number of nitrogens with zero attached hydrogens (tertiary/aromatic N) is 1. The van der Waals surface area contributed by atoms with Crippen molar-refractivity contribution in [2.24, 2.45) is 0 Å². The molecule has 2 aromatic heterocycles. The van der Waals surface area contributed by atoms with Crippen molar-refractivity contribution < 1.29 is 4.42 Å². The number of aromatic nitrogens is 1. The number of rotatable bonds is 5. The summed E-state index contributed by atoms with van der Waals surface area (Å²) in [4.78, 5) is 0. The monoisotopic (exact) mass is 576 g/mol. The summed E-state index contributed by atoms with van der Waals surface area (Å²) in [6.45, 7) is 0. The van der Waals surface area contributed by atoms with E-state index in [1.165, 1.54) is 38.6 Å². The first kappa shape index (κ1) is 25.4. The van der Waals surface area contributed by atoms with E-state index in [2.05, 4.69) is 162 Å². The molecule has 0 aliphatic heterocycles. The standard InChI is InChI=1S/C42H28N2O/c1-2-10-32(11-3-1)44-38-17-6-4-13-37(38)41-33(14-9-18-39(41)44)28-20-24-30(25-21-28)43-31-26-22-29(23-27-31)34-15-8-16-36-35-12-5-7-19-40(35)45-42(34)36/h1-27,43H. The Labute approximate surface area is 260 Å². The zero-order valence-electron chi connectivity index (χ0n) is 24.4. The Morgan fingerprint density at radius 3 is 1.78 bits per heavy atom. The highest BCUT2D eigenvalue weighted by molar-refractivity contribution is 6.16. The third kappa shape index (κ3) is 4.21. The number of furan rings is 1. The second-order valence-electron chi connectivity index (χ2n) is 11.4. The van der Waals surface area contributed by atoms with Gasteiger partial charge in [0.05, 0.1) is 11.0 Å². The fourth-order valence-corrected chi connectivity index (χ4v) is 6.72. The molecule has 0 aliphatic rings. The number of nitrogens with one attached hydrogen (secondary N) is 1. The molecule has 0 atom stereocenters. The van der Waals surface area contributed by atoms with E-state index in [0.29, 0.717) is 0 Å². The van der Waals surface area contributed by atoms with Gasteiger partial charge in [0, 0.05) is 44.2 Å². The van der Waals surface area contributed by atoms with Gasteiger partial charge in [0.1, 0.15) is 11.2 Å². The second kappa shape index (κ2) is 10.3. The van der Waals surface area contributed by atoms with Crippen molar-refractivity contribution in [1.82, 2.24) is 4.57 Å². The van der Waals surface area contributed by atoms with Crippen molar-refractivity contribution in [3.8, 4) is 27.9 Å². The molecule has 9 aromatic rings. The highest BCUT2D eigenvalue weighted by Crippen LogP contribution is 2.39. The minimum absolute atomic E-state index is 0.917. The fraction of sp³-hybridized carbons (Fsp3) is 0. The predicted octanol–water partition coefficient (Wildman–Crippen LogP) is 11.8. The Morgan fingerprint density at radius 2 is 1.00 bits per heavy atom. The highest BCUT2D eigenvalue weighted by Gasteiger charge is 2.16. The maximum Gasteiger partial charge on any atom is 0.143 e. The number of hydrogen-bond donors (Lipinski definition) is 1. The first-order valence-corrected chi connectivity index (χ1v) is 15.3. The van der Waals surface area contributed by atoms with E-state index < -0.39 is 0 Å². The van der Waals surface area contributed by atoms with E-state index >= 15 is 0 Å². The molecule has 0 radical (unpaired) electrons. The third-order valence-corrected chi connectivity index (χ3v) is 8.80. The molecule has 45 heavy (non-hydrogen) atoms. The average Bonchev–Trinajstić information content (AvgIpc) is 3.66. The Morgan fingerprint density at radius 1 is 0.422 bits per heavy atom.